The molecule has 0 unspecified atom stereocenters. The van der Waals surface area contributed by atoms with Gasteiger partial charge in [0.15, 0.2) is 17.3 Å². The molecule has 1 saturated heterocycles. The summed E-state index contributed by atoms with van der Waals surface area (Å²) < 4.78 is 19.1. The first-order valence-electron chi connectivity index (χ1n) is 6.33. The number of Topliss-reactive ketones (excluding diaryl/α,β-unsaturated/α-hetero) is 1. The Hall–Kier alpha value is -1.42. The molecule has 3 nitrogen and oxygen atoms in total. The number of nitrogens with zero attached hydrogens (tertiary/aromatic N) is 1. The van der Waals surface area contributed by atoms with Gasteiger partial charge in [-0.2, -0.15) is 0 Å². The van der Waals surface area contributed by atoms with Gasteiger partial charge in [-0.3, -0.25) is 9.69 Å². The molecule has 0 saturated carbocycles. The minimum absolute atomic E-state index is 0.0872. The van der Waals surface area contributed by atoms with Gasteiger partial charge in [0, 0.05) is 6.54 Å². The lowest BCUT2D eigenvalue weighted by atomic mass is 10.1. The number of rotatable bonds is 5. The number of carbonyl (C=O) groups excluding carboxylic acids is 1. The molecule has 0 spiro atoms. The molecular formula is C14H18FNO2. The molecule has 0 bridgehead atoms. The predicted octanol–water partition coefficient (Wildman–Crippen LogP) is 2.50. The number of para-hydroxylation sites is 1. The van der Waals surface area contributed by atoms with Crippen molar-refractivity contribution in [3.8, 4) is 5.75 Å². The Morgan fingerprint density at radius 2 is 2.11 bits per heavy atom. The molecule has 0 radical (unpaired) electrons. The van der Waals surface area contributed by atoms with Crippen LogP contribution in [-0.2, 0) is 0 Å². The SMILES string of the molecule is CC(=O)c1cccc(F)c1OCCN1CCCC1. The third-order valence-electron chi connectivity index (χ3n) is 3.20. The molecule has 2 rings (SSSR count). The van der Waals surface area contributed by atoms with Crippen LogP contribution in [0.5, 0.6) is 5.75 Å². The summed E-state index contributed by atoms with van der Waals surface area (Å²) in [5.74, 6) is -0.556. The van der Waals surface area contributed by atoms with E-state index in [1.165, 1.54) is 31.9 Å². The van der Waals surface area contributed by atoms with Gasteiger partial charge in [-0.25, -0.2) is 4.39 Å². The maximum absolute atomic E-state index is 13.6. The second kappa shape index (κ2) is 5.96. The lowest BCUT2D eigenvalue weighted by Crippen LogP contribution is -2.25. The van der Waals surface area contributed by atoms with Gasteiger partial charge in [-0.05, 0) is 45.0 Å². The Morgan fingerprint density at radius 1 is 1.39 bits per heavy atom. The Labute approximate surface area is 107 Å². The van der Waals surface area contributed by atoms with Crippen LogP contribution >= 0.6 is 0 Å². The highest BCUT2D eigenvalue weighted by Crippen LogP contribution is 2.23. The summed E-state index contributed by atoms with van der Waals surface area (Å²) in [5, 5.41) is 0. The maximum Gasteiger partial charge on any atom is 0.165 e. The minimum Gasteiger partial charge on any atom is -0.488 e. The van der Waals surface area contributed by atoms with Gasteiger partial charge < -0.3 is 4.74 Å². The molecule has 18 heavy (non-hydrogen) atoms. The fourth-order valence-corrected chi connectivity index (χ4v) is 2.22. The number of halogens is 1. The van der Waals surface area contributed by atoms with E-state index < -0.39 is 5.82 Å². The van der Waals surface area contributed by atoms with E-state index in [0.717, 1.165) is 19.6 Å². The molecule has 1 aliphatic heterocycles. The lowest BCUT2D eigenvalue weighted by molar-refractivity contribution is 0.101. The van der Waals surface area contributed by atoms with E-state index in [1.807, 2.05) is 0 Å². The Balaban J connectivity index is 1.97. The van der Waals surface area contributed by atoms with Crippen molar-refractivity contribution in [3.05, 3.63) is 29.6 Å². The number of likely N-dealkylation sites (tertiary alicyclic amines) is 1. The van der Waals surface area contributed by atoms with E-state index in [9.17, 15) is 9.18 Å². The van der Waals surface area contributed by atoms with Crippen LogP contribution < -0.4 is 4.74 Å². The van der Waals surface area contributed by atoms with Crippen LogP contribution in [0.15, 0.2) is 18.2 Å². The molecule has 98 valence electrons. The van der Waals surface area contributed by atoms with Crippen LogP contribution in [0.1, 0.15) is 30.1 Å². The highest BCUT2D eigenvalue weighted by molar-refractivity contribution is 5.96. The van der Waals surface area contributed by atoms with E-state index in [-0.39, 0.29) is 11.5 Å². The Bertz CT molecular complexity index is 428. The van der Waals surface area contributed by atoms with Crippen LogP contribution in [0.25, 0.3) is 0 Å². The zero-order valence-corrected chi connectivity index (χ0v) is 10.6. The van der Waals surface area contributed by atoms with Crippen molar-refractivity contribution < 1.29 is 13.9 Å². The lowest BCUT2D eigenvalue weighted by Gasteiger charge is -2.16. The number of hydrogen-bond acceptors (Lipinski definition) is 3. The van der Waals surface area contributed by atoms with Crippen molar-refractivity contribution >= 4 is 5.78 Å². The van der Waals surface area contributed by atoms with E-state index in [1.54, 1.807) is 6.07 Å². The normalized spacial score (nSPS) is 15.9. The van der Waals surface area contributed by atoms with Gasteiger partial charge in [0.25, 0.3) is 0 Å². The average molecular weight is 251 g/mol. The van der Waals surface area contributed by atoms with E-state index in [0.29, 0.717) is 12.2 Å². The number of hydrogen-bond donors (Lipinski definition) is 0. The quantitative estimate of drug-likeness (QED) is 0.753. The molecule has 4 heteroatoms. The van der Waals surface area contributed by atoms with Crippen LogP contribution in [-0.4, -0.2) is 36.9 Å². The fraction of sp³-hybridized carbons (Fsp3) is 0.500. The average Bonchev–Trinajstić information content (AvgIpc) is 2.84. The molecule has 0 N–H and O–H groups in total. The largest absolute Gasteiger partial charge is 0.488 e. The van der Waals surface area contributed by atoms with Gasteiger partial charge in [0.2, 0.25) is 0 Å². The fourth-order valence-electron chi connectivity index (χ4n) is 2.22. The zero-order chi connectivity index (χ0) is 13.0. The second-order valence-corrected chi connectivity index (χ2v) is 4.57. The summed E-state index contributed by atoms with van der Waals surface area (Å²) >= 11 is 0. The Kier molecular flexibility index (Phi) is 4.31. The summed E-state index contributed by atoms with van der Waals surface area (Å²) in [6, 6.07) is 4.44. The topological polar surface area (TPSA) is 29.5 Å². The number of carbonyl (C=O) groups is 1. The Morgan fingerprint density at radius 3 is 2.78 bits per heavy atom. The first-order valence-corrected chi connectivity index (χ1v) is 6.33. The summed E-state index contributed by atoms with van der Waals surface area (Å²) in [6.45, 7) is 4.79. The summed E-state index contributed by atoms with van der Waals surface area (Å²) in [5.41, 5.74) is 0.316. The standard InChI is InChI=1S/C14H18FNO2/c1-11(17)12-5-4-6-13(15)14(12)18-10-9-16-7-2-3-8-16/h4-6H,2-3,7-10H2,1H3. The number of ketones is 1. The van der Waals surface area contributed by atoms with Gasteiger partial charge in [-0.1, -0.05) is 6.07 Å². The van der Waals surface area contributed by atoms with Crippen molar-refractivity contribution in [2.75, 3.05) is 26.2 Å². The number of ether oxygens (including phenoxy) is 1. The van der Waals surface area contributed by atoms with E-state index in [4.69, 9.17) is 4.74 Å². The first-order chi connectivity index (χ1) is 8.68. The molecule has 0 aliphatic carbocycles. The summed E-state index contributed by atoms with van der Waals surface area (Å²) in [4.78, 5) is 13.7. The molecule has 0 aromatic heterocycles. The summed E-state index contributed by atoms with van der Waals surface area (Å²) in [6.07, 6.45) is 2.44. The van der Waals surface area contributed by atoms with Crippen LogP contribution in [0, 0.1) is 5.82 Å². The van der Waals surface area contributed by atoms with Crippen molar-refractivity contribution in [2.45, 2.75) is 19.8 Å². The molecular weight excluding hydrogens is 233 g/mol. The van der Waals surface area contributed by atoms with Gasteiger partial charge in [0.05, 0.1) is 5.56 Å². The molecule has 1 fully saturated rings. The first kappa shape index (κ1) is 13.0. The highest BCUT2D eigenvalue weighted by atomic mass is 19.1. The molecule has 1 heterocycles. The van der Waals surface area contributed by atoms with Crippen LogP contribution in [0.2, 0.25) is 0 Å². The van der Waals surface area contributed by atoms with Crippen molar-refractivity contribution in [1.82, 2.24) is 4.90 Å². The molecule has 1 aromatic rings. The zero-order valence-electron chi connectivity index (χ0n) is 10.6. The van der Waals surface area contributed by atoms with Gasteiger partial charge in [0.1, 0.15) is 6.61 Å². The smallest absolute Gasteiger partial charge is 0.165 e. The van der Waals surface area contributed by atoms with Crippen molar-refractivity contribution in [2.24, 2.45) is 0 Å². The van der Waals surface area contributed by atoms with Crippen molar-refractivity contribution in [3.63, 3.8) is 0 Å². The van der Waals surface area contributed by atoms with Crippen LogP contribution in [0.4, 0.5) is 4.39 Å². The maximum atomic E-state index is 13.6. The third kappa shape index (κ3) is 3.07. The van der Waals surface area contributed by atoms with Crippen molar-refractivity contribution in [1.29, 1.82) is 0 Å². The monoisotopic (exact) mass is 251 g/mol. The van der Waals surface area contributed by atoms with E-state index >= 15 is 0 Å². The predicted molar refractivity (Wildman–Crippen MR) is 67.6 cm³/mol. The molecule has 0 amide bonds. The summed E-state index contributed by atoms with van der Waals surface area (Å²) in [7, 11) is 0. The molecule has 1 aromatic carbocycles. The molecule has 1 aliphatic rings. The minimum atomic E-state index is -0.468. The number of benzene rings is 1. The van der Waals surface area contributed by atoms with E-state index in [2.05, 4.69) is 4.90 Å². The van der Waals surface area contributed by atoms with Crippen LogP contribution in [0.3, 0.4) is 0 Å². The second-order valence-electron chi connectivity index (χ2n) is 4.57. The van der Waals surface area contributed by atoms with Gasteiger partial charge in [-0.15, -0.1) is 0 Å². The van der Waals surface area contributed by atoms with Gasteiger partial charge >= 0.3 is 0 Å². The third-order valence-corrected chi connectivity index (χ3v) is 3.20. The molecule has 0 atom stereocenters. The highest BCUT2D eigenvalue weighted by Gasteiger charge is 2.15.